The minimum atomic E-state index is -0.0682. The summed E-state index contributed by atoms with van der Waals surface area (Å²) < 4.78 is 5.95. The third kappa shape index (κ3) is 3.14. The zero-order chi connectivity index (χ0) is 22.4. The number of aromatic nitrogens is 2. The van der Waals surface area contributed by atoms with E-state index in [-0.39, 0.29) is 5.41 Å². The van der Waals surface area contributed by atoms with E-state index in [2.05, 4.69) is 89.6 Å². The fraction of sp³-hybridized carbons (Fsp3) is 0.103. The Morgan fingerprint density at radius 2 is 1.06 bits per heavy atom. The van der Waals surface area contributed by atoms with Crippen LogP contribution in [0.15, 0.2) is 108 Å². The lowest BCUT2D eigenvalue weighted by atomic mass is 9.73. The minimum absolute atomic E-state index is 0.0682. The Morgan fingerprint density at radius 3 is 1.64 bits per heavy atom. The maximum atomic E-state index is 5.95. The highest BCUT2D eigenvalue weighted by molar-refractivity contribution is 5.86. The molecule has 1 aliphatic rings. The van der Waals surface area contributed by atoms with Gasteiger partial charge < -0.3 is 9.32 Å². The molecule has 1 aliphatic heterocycles. The lowest BCUT2D eigenvalue weighted by molar-refractivity contribution is 0.584. The number of hydrogen-bond acceptors (Lipinski definition) is 4. The van der Waals surface area contributed by atoms with Crippen LogP contribution < -0.4 is 4.90 Å². The van der Waals surface area contributed by atoms with Crippen LogP contribution in [0.4, 0.5) is 17.1 Å². The van der Waals surface area contributed by atoms with E-state index in [1.807, 2.05) is 42.5 Å². The Balaban J connectivity index is 1.40. The highest BCUT2D eigenvalue weighted by atomic mass is 16.4. The quantitative estimate of drug-likeness (QED) is 0.297. The molecule has 160 valence electrons. The normalized spacial score (nSPS) is 13.9. The van der Waals surface area contributed by atoms with Crippen molar-refractivity contribution in [3.8, 4) is 22.9 Å². The van der Waals surface area contributed by atoms with E-state index in [1.54, 1.807) is 0 Å². The van der Waals surface area contributed by atoms with Crippen molar-refractivity contribution in [3.63, 3.8) is 0 Å². The second kappa shape index (κ2) is 7.45. The molecule has 2 heterocycles. The molecule has 0 fully saturated rings. The molecule has 4 heteroatoms. The van der Waals surface area contributed by atoms with E-state index in [9.17, 15) is 0 Å². The van der Waals surface area contributed by atoms with Gasteiger partial charge in [0.2, 0.25) is 11.8 Å². The van der Waals surface area contributed by atoms with E-state index in [4.69, 9.17) is 4.42 Å². The van der Waals surface area contributed by atoms with Crippen molar-refractivity contribution in [2.45, 2.75) is 19.3 Å². The summed E-state index contributed by atoms with van der Waals surface area (Å²) in [6, 6.07) is 35.5. The molecule has 0 unspecified atom stereocenters. The number of anilines is 3. The van der Waals surface area contributed by atoms with Gasteiger partial charge in [-0.15, -0.1) is 10.2 Å². The summed E-state index contributed by atoms with van der Waals surface area (Å²) in [4.78, 5) is 2.34. The molecule has 4 aromatic carbocycles. The predicted octanol–water partition coefficient (Wildman–Crippen LogP) is 7.51. The van der Waals surface area contributed by atoms with Gasteiger partial charge in [-0.2, -0.15) is 0 Å². The van der Waals surface area contributed by atoms with Crippen LogP contribution >= 0.6 is 0 Å². The first-order valence-electron chi connectivity index (χ1n) is 11.1. The smallest absolute Gasteiger partial charge is 0.248 e. The second-order valence-electron chi connectivity index (χ2n) is 8.82. The Bertz CT molecular complexity index is 1390. The minimum Gasteiger partial charge on any atom is -0.416 e. The van der Waals surface area contributed by atoms with Crippen molar-refractivity contribution < 1.29 is 4.42 Å². The zero-order valence-electron chi connectivity index (χ0n) is 18.6. The van der Waals surface area contributed by atoms with Crippen LogP contribution in [0.5, 0.6) is 0 Å². The maximum Gasteiger partial charge on any atom is 0.248 e. The van der Waals surface area contributed by atoms with Crippen molar-refractivity contribution in [2.24, 2.45) is 0 Å². The van der Waals surface area contributed by atoms with Crippen molar-refractivity contribution in [3.05, 3.63) is 114 Å². The van der Waals surface area contributed by atoms with Crippen molar-refractivity contribution in [1.29, 1.82) is 0 Å². The van der Waals surface area contributed by atoms with Crippen LogP contribution in [-0.4, -0.2) is 10.2 Å². The van der Waals surface area contributed by atoms with E-state index < -0.39 is 0 Å². The van der Waals surface area contributed by atoms with Gasteiger partial charge in [0.1, 0.15) is 0 Å². The highest BCUT2D eigenvalue weighted by Crippen LogP contribution is 2.51. The van der Waals surface area contributed by atoms with Crippen LogP contribution in [0.3, 0.4) is 0 Å². The molecule has 33 heavy (non-hydrogen) atoms. The summed E-state index contributed by atoms with van der Waals surface area (Å²) in [7, 11) is 0. The first-order valence-corrected chi connectivity index (χ1v) is 11.1. The number of para-hydroxylation sites is 2. The average Bonchev–Trinajstić information content (AvgIpc) is 3.36. The molecular weight excluding hydrogens is 406 g/mol. The van der Waals surface area contributed by atoms with E-state index >= 15 is 0 Å². The molecule has 0 atom stereocenters. The molecule has 0 amide bonds. The largest absolute Gasteiger partial charge is 0.416 e. The average molecular weight is 430 g/mol. The van der Waals surface area contributed by atoms with Crippen LogP contribution in [0.2, 0.25) is 0 Å². The van der Waals surface area contributed by atoms with Gasteiger partial charge in [-0.05, 0) is 59.7 Å². The number of benzene rings is 4. The highest BCUT2D eigenvalue weighted by Gasteiger charge is 2.36. The number of nitrogens with zero attached hydrogens (tertiary/aromatic N) is 3. The fourth-order valence-electron chi connectivity index (χ4n) is 4.74. The van der Waals surface area contributed by atoms with Crippen molar-refractivity contribution >= 4 is 17.1 Å². The molecule has 0 aliphatic carbocycles. The van der Waals surface area contributed by atoms with Gasteiger partial charge in [-0.25, -0.2) is 0 Å². The Labute approximate surface area is 193 Å². The molecule has 0 saturated carbocycles. The lowest BCUT2D eigenvalue weighted by Crippen LogP contribution is -2.30. The van der Waals surface area contributed by atoms with Gasteiger partial charge in [0.25, 0.3) is 0 Å². The van der Waals surface area contributed by atoms with Crippen LogP contribution in [-0.2, 0) is 5.41 Å². The van der Waals surface area contributed by atoms with Gasteiger partial charge in [0.05, 0.1) is 11.4 Å². The zero-order valence-corrected chi connectivity index (χ0v) is 18.6. The van der Waals surface area contributed by atoms with Gasteiger partial charge in [0.15, 0.2) is 0 Å². The standard InChI is InChI=1S/C29H23N3O/c1-29(2)23-12-6-8-14-25(23)32(26-15-9-7-13-24(26)29)22-18-16-21(17-19-22)28-31-30-27(33-28)20-10-4-3-5-11-20/h3-19H,1-2H3. The molecule has 0 bridgehead atoms. The molecular formula is C29H23N3O. The Morgan fingerprint density at radius 1 is 0.576 bits per heavy atom. The van der Waals surface area contributed by atoms with Crippen LogP contribution in [0.1, 0.15) is 25.0 Å². The van der Waals surface area contributed by atoms with Gasteiger partial charge in [-0.1, -0.05) is 68.4 Å². The molecule has 5 aromatic rings. The monoisotopic (exact) mass is 429 g/mol. The second-order valence-corrected chi connectivity index (χ2v) is 8.82. The van der Waals surface area contributed by atoms with E-state index in [0.29, 0.717) is 11.8 Å². The molecule has 0 N–H and O–H groups in total. The van der Waals surface area contributed by atoms with Crippen molar-refractivity contribution in [1.82, 2.24) is 10.2 Å². The summed E-state index contributed by atoms with van der Waals surface area (Å²) in [6.07, 6.45) is 0. The molecule has 1 aromatic heterocycles. The van der Waals surface area contributed by atoms with Crippen LogP contribution in [0, 0.1) is 0 Å². The Kier molecular flexibility index (Phi) is 4.40. The molecule has 4 nitrogen and oxygen atoms in total. The van der Waals surface area contributed by atoms with Gasteiger partial charge in [0, 0.05) is 22.2 Å². The molecule has 0 saturated heterocycles. The first kappa shape index (κ1) is 19.5. The summed E-state index contributed by atoms with van der Waals surface area (Å²) in [5.41, 5.74) is 7.88. The van der Waals surface area contributed by atoms with Gasteiger partial charge in [-0.3, -0.25) is 0 Å². The third-order valence-corrected chi connectivity index (χ3v) is 6.45. The first-order chi connectivity index (χ1) is 16.1. The third-order valence-electron chi connectivity index (χ3n) is 6.45. The number of fused-ring (bicyclic) bond motifs is 2. The molecule has 6 rings (SSSR count). The SMILES string of the molecule is CC1(C)c2ccccc2N(c2ccc(-c3nnc(-c4ccccc4)o3)cc2)c2ccccc21. The molecule has 0 spiro atoms. The fourth-order valence-corrected chi connectivity index (χ4v) is 4.74. The summed E-state index contributed by atoms with van der Waals surface area (Å²) in [5, 5.41) is 8.49. The summed E-state index contributed by atoms with van der Waals surface area (Å²) in [5.74, 6) is 1.04. The van der Waals surface area contributed by atoms with Crippen molar-refractivity contribution in [2.75, 3.05) is 4.90 Å². The topological polar surface area (TPSA) is 42.2 Å². The van der Waals surface area contributed by atoms with E-state index in [0.717, 1.165) is 16.8 Å². The van der Waals surface area contributed by atoms with E-state index in [1.165, 1.54) is 22.5 Å². The number of rotatable bonds is 3. The summed E-state index contributed by atoms with van der Waals surface area (Å²) in [6.45, 7) is 4.59. The Hall–Kier alpha value is -4.18. The molecule has 0 radical (unpaired) electrons. The van der Waals surface area contributed by atoms with Crippen LogP contribution in [0.25, 0.3) is 22.9 Å². The predicted molar refractivity (Wildman–Crippen MR) is 132 cm³/mol. The van der Waals surface area contributed by atoms with Gasteiger partial charge >= 0.3 is 0 Å². The lowest BCUT2D eigenvalue weighted by Gasteiger charge is -2.42. The number of hydrogen-bond donors (Lipinski definition) is 0. The summed E-state index contributed by atoms with van der Waals surface area (Å²) >= 11 is 0. The maximum absolute atomic E-state index is 5.95.